The van der Waals surface area contributed by atoms with Crippen molar-refractivity contribution in [2.45, 2.75) is 38.8 Å². The molecule has 3 heterocycles. The number of carbonyl (C=O) groups is 1. The first-order valence-electron chi connectivity index (χ1n) is 6.63. The number of fused-ring (bicyclic) bond motifs is 1. The third kappa shape index (κ3) is 2.79. The molecule has 0 saturated carbocycles. The first-order valence-corrected chi connectivity index (χ1v) is 7.45. The minimum absolute atomic E-state index is 0.0785. The number of nitrogens with zero attached hydrogens (tertiary/aromatic N) is 4. The molecule has 1 atom stereocenters. The standard InChI is InChI=1S/C12H16N6OS/c1-2-9-5-13-12(20-9)17-11(19)16-8-3-4-10-14-7-15-18(10)6-8/h5,7-8H,2-4,6H2,1H3,(H2,13,16,17,19). The van der Waals surface area contributed by atoms with Crippen molar-refractivity contribution in [3.8, 4) is 0 Å². The summed E-state index contributed by atoms with van der Waals surface area (Å²) in [5, 5.41) is 10.5. The molecule has 106 valence electrons. The van der Waals surface area contributed by atoms with Gasteiger partial charge in [0.15, 0.2) is 5.13 Å². The minimum atomic E-state index is -0.212. The summed E-state index contributed by atoms with van der Waals surface area (Å²) in [6.07, 6.45) is 5.99. The molecule has 0 fully saturated rings. The Morgan fingerprint density at radius 1 is 1.55 bits per heavy atom. The summed E-state index contributed by atoms with van der Waals surface area (Å²) in [6, 6.07) is -0.134. The van der Waals surface area contributed by atoms with Crippen LogP contribution in [-0.4, -0.2) is 31.8 Å². The first-order chi connectivity index (χ1) is 9.74. The van der Waals surface area contributed by atoms with E-state index in [1.165, 1.54) is 11.3 Å². The van der Waals surface area contributed by atoms with E-state index in [0.717, 1.165) is 30.0 Å². The van der Waals surface area contributed by atoms with E-state index < -0.39 is 0 Å². The summed E-state index contributed by atoms with van der Waals surface area (Å²) in [6.45, 7) is 2.73. The highest BCUT2D eigenvalue weighted by atomic mass is 32.1. The highest BCUT2D eigenvalue weighted by Gasteiger charge is 2.21. The van der Waals surface area contributed by atoms with Gasteiger partial charge in [0.2, 0.25) is 0 Å². The molecule has 0 aromatic carbocycles. The quantitative estimate of drug-likeness (QED) is 0.896. The zero-order chi connectivity index (χ0) is 13.9. The van der Waals surface area contributed by atoms with Crippen molar-refractivity contribution in [3.63, 3.8) is 0 Å². The molecule has 1 aliphatic rings. The predicted octanol–water partition coefficient (Wildman–Crippen LogP) is 1.43. The minimum Gasteiger partial charge on any atom is -0.333 e. The Labute approximate surface area is 120 Å². The normalized spacial score (nSPS) is 17.6. The molecule has 0 radical (unpaired) electrons. The fraction of sp³-hybridized carbons (Fsp3) is 0.500. The smallest absolute Gasteiger partial charge is 0.321 e. The van der Waals surface area contributed by atoms with Gasteiger partial charge in [-0.15, -0.1) is 11.3 Å². The number of rotatable bonds is 3. The molecule has 1 unspecified atom stereocenters. The SMILES string of the molecule is CCc1cnc(NC(=O)NC2CCc3ncnn3C2)s1. The Balaban J connectivity index is 1.54. The number of anilines is 1. The van der Waals surface area contributed by atoms with Crippen LogP contribution >= 0.6 is 11.3 Å². The van der Waals surface area contributed by atoms with E-state index in [2.05, 4.69) is 32.6 Å². The topological polar surface area (TPSA) is 84.7 Å². The van der Waals surface area contributed by atoms with Gasteiger partial charge in [-0.1, -0.05) is 6.92 Å². The second-order valence-electron chi connectivity index (χ2n) is 4.68. The molecule has 7 nitrogen and oxygen atoms in total. The molecule has 2 aromatic rings. The fourth-order valence-electron chi connectivity index (χ4n) is 2.20. The van der Waals surface area contributed by atoms with Crippen molar-refractivity contribution < 1.29 is 4.79 Å². The van der Waals surface area contributed by atoms with Gasteiger partial charge in [-0.25, -0.2) is 19.4 Å². The summed E-state index contributed by atoms with van der Waals surface area (Å²) in [4.78, 5) is 21.4. The number of nitrogens with one attached hydrogen (secondary N) is 2. The summed E-state index contributed by atoms with van der Waals surface area (Å²) in [5.74, 6) is 0.982. The van der Waals surface area contributed by atoms with Crippen LogP contribution in [0, 0.1) is 0 Å². The average Bonchev–Trinajstić information content (AvgIpc) is 3.06. The molecule has 1 aliphatic heterocycles. The number of thiazole rings is 1. The van der Waals surface area contributed by atoms with Crippen molar-refractivity contribution in [2.24, 2.45) is 0 Å². The van der Waals surface area contributed by atoms with Crippen LogP contribution in [0.4, 0.5) is 9.93 Å². The van der Waals surface area contributed by atoms with Crippen LogP contribution in [0.2, 0.25) is 0 Å². The third-order valence-electron chi connectivity index (χ3n) is 3.26. The van der Waals surface area contributed by atoms with Crippen LogP contribution in [0.25, 0.3) is 0 Å². The Morgan fingerprint density at radius 2 is 2.45 bits per heavy atom. The first kappa shape index (κ1) is 13.0. The predicted molar refractivity (Wildman–Crippen MR) is 75.8 cm³/mol. The van der Waals surface area contributed by atoms with Gasteiger partial charge < -0.3 is 5.32 Å². The Hall–Kier alpha value is -1.96. The summed E-state index contributed by atoms with van der Waals surface area (Å²) >= 11 is 1.50. The molecule has 20 heavy (non-hydrogen) atoms. The highest BCUT2D eigenvalue weighted by molar-refractivity contribution is 7.15. The van der Waals surface area contributed by atoms with Crippen LogP contribution in [0.15, 0.2) is 12.5 Å². The van der Waals surface area contributed by atoms with E-state index in [0.29, 0.717) is 11.7 Å². The van der Waals surface area contributed by atoms with Crippen LogP contribution in [-0.2, 0) is 19.4 Å². The lowest BCUT2D eigenvalue weighted by molar-refractivity contribution is 0.243. The second kappa shape index (κ2) is 5.58. The molecule has 0 spiro atoms. The van der Waals surface area contributed by atoms with Crippen molar-refractivity contribution in [2.75, 3.05) is 5.32 Å². The summed E-state index contributed by atoms with van der Waals surface area (Å²) in [5.41, 5.74) is 0. The second-order valence-corrected chi connectivity index (χ2v) is 5.79. The molecule has 0 aliphatic carbocycles. The van der Waals surface area contributed by atoms with E-state index in [1.807, 2.05) is 4.68 Å². The van der Waals surface area contributed by atoms with Crippen LogP contribution < -0.4 is 10.6 Å². The van der Waals surface area contributed by atoms with Crippen LogP contribution in [0.5, 0.6) is 0 Å². The molecule has 3 rings (SSSR count). The molecule has 0 saturated heterocycles. The Bertz CT molecular complexity index is 607. The van der Waals surface area contributed by atoms with Gasteiger partial charge in [0, 0.05) is 17.5 Å². The number of carbonyl (C=O) groups excluding carboxylic acids is 1. The lowest BCUT2D eigenvalue weighted by Gasteiger charge is -2.23. The average molecular weight is 292 g/mol. The van der Waals surface area contributed by atoms with Gasteiger partial charge in [-0.05, 0) is 12.8 Å². The van der Waals surface area contributed by atoms with Gasteiger partial charge in [0.05, 0.1) is 12.6 Å². The maximum Gasteiger partial charge on any atom is 0.321 e. The molecule has 2 aromatic heterocycles. The lowest BCUT2D eigenvalue weighted by atomic mass is 10.1. The number of hydrogen-bond donors (Lipinski definition) is 2. The lowest BCUT2D eigenvalue weighted by Crippen LogP contribution is -2.43. The zero-order valence-electron chi connectivity index (χ0n) is 11.2. The molecule has 2 amide bonds. The monoisotopic (exact) mass is 292 g/mol. The zero-order valence-corrected chi connectivity index (χ0v) is 12.0. The van der Waals surface area contributed by atoms with E-state index in [1.54, 1.807) is 12.5 Å². The van der Waals surface area contributed by atoms with Crippen molar-refractivity contribution >= 4 is 22.5 Å². The molecular formula is C12H16N6OS. The highest BCUT2D eigenvalue weighted by Crippen LogP contribution is 2.18. The molecule has 8 heteroatoms. The molecule has 2 N–H and O–H groups in total. The number of urea groups is 1. The van der Waals surface area contributed by atoms with E-state index in [9.17, 15) is 4.79 Å². The number of aryl methyl sites for hydroxylation is 2. The van der Waals surface area contributed by atoms with E-state index in [4.69, 9.17) is 0 Å². The molecular weight excluding hydrogens is 276 g/mol. The maximum absolute atomic E-state index is 11.9. The van der Waals surface area contributed by atoms with Crippen LogP contribution in [0.3, 0.4) is 0 Å². The Morgan fingerprint density at radius 3 is 3.25 bits per heavy atom. The van der Waals surface area contributed by atoms with Crippen molar-refractivity contribution in [3.05, 3.63) is 23.2 Å². The van der Waals surface area contributed by atoms with Crippen LogP contribution in [0.1, 0.15) is 24.0 Å². The van der Waals surface area contributed by atoms with Gasteiger partial charge in [-0.2, -0.15) is 5.10 Å². The van der Waals surface area contributed by atoms with Crippen molar-refractivity contribution in [1.29, 1.82) is 0 Å². The number of amides is 2. The van der Waals surface area contributed by atoms with Gasteiger partial charge in [-0.3, -0.25) is 5.32 Å². The van der Waals surface area contributed by atoms with Gasteiger partial charge in [0.1, 0.15) is 12.2 Å². The third-order valence-corrected chi connectivity index (χ3v) is 4.32. The maximum atomic E-state index is 11.9. The summed E-state index contributed by atoms with van der Waals surface area (Å²) < 4.78 is 1.84. The number of hydrogen-bond acceptors (Lipinski definition) is 5. The van der Waals surface area contributed by atoms with Crippen molar-refractivity contribution in [1.82, 2.24) is 25.1 Å². The largest absolute Gasteiger partial charge is 0.333 e. The number of aromatic nitrogens is 4. The fourth-order valence-corrected chi connectivity index (χ4v) is 2.95. The van der Waals surface area contributed by atoms with E-state index in [-0.39, 0.29) is 12.1 Å². The van der Waals surface area contributed by atoms with Gasteiger partial charge in [0.25, 0.3) is 0 Å². The van der Waals surface area contributed by atoms with E-state index >= 15 is 0 Å². The summed E-state index contributed by atoms with van der Waals surface area (Å²) in [7, 11) is 0. The molecule has 0 bridgehead atoms. The Kier molecular flexibility index (Phi) is 3.64. The van der Waals surface area contributed by atoms with Gasteiger partial charge >= 0.3 is 6.03 Å².